The van der Waals surface area contributed by atoms with Gasteiger partial charge in [-0.2, -0.15) is 0 Å². The number of carboxylic acid groups (broad SMARTS) is 1. The molecule has 0 aromatic heterocycles. The van der Waals surface area contributed by atoms with Gasteiger partial charge in [0.1, 0.15) is 0 Å². The molecule has 0 spiro atoms. The third kappa shape index (κ3) is 8.56. The molecule has 6 heteroatoms. The van der Waals surface area contributed by atoms with Gasteiger partial charge >= 0.3 is 13.1 Å². The third-order valence-corrected chi connectivity index (χ3v) is 6.01. The number of nitrogens with zero attached hydrogens (tertiary/aromatic N) is 1. The van der Waals surface area contributed by atoms with Crippen LogP contribution < -0.4 is 0 Å². The molecular formula is C19H38BNO4. The molecule has 5 nitrogen and oxygen atoms in total. The van der Waals surface area contributed by atoms with E-state index in [4.69, 9.17) is 10.0 Å². The monoisotopic (exact) mass is 355 g/mol. The van der Waals surface area contributed by atoms with Crippen LogP contribution in [0.3, 0.4) is 0 Å². The van der Waals surface area contributed by atoms with Crippen molar-refractivity contribution in [2.45, 2.75) is 72.0 Å². The molecule has 0 amide bonds. The zero-order chi connectivity index (χ0) is 18.8. The summed E-state index contributed by atoms with van der Waals surface area (Å²) in [5.74, 6) is 0.509. The molecule has 4 atom stereocenters. The summed E-state index contributed by atoms with van der Waals surface area (Å²) < 4.78 is 0. The molecule has 0 saturated carbocycles. The summed E-state index contributed by atoms with van der Waals surface area (Å²) in [7, 11) is -1.28. The summed E-state index contributed by atoms with van der Waals surface area (Å²) in [6, 6.07) is 0. The van der Waals surface area contributed by atoms with Gasteiger partial charge in [0.25, 0.3) is 0 Å². The molecule has 25 heavy (non-hydrogen) atoms. The standard InChI is InChI=1S/C19H38BNO4/c1-4-5-6-8-15(2)16(3)10-12-21-13-17(9-7-11-20(24)25)18(14-21)19(22)23/h15-18,24-25H,4-14H2,1-3H3,(H,22,23). The van der Waals surface area contributed by atoms with Crippen LogP contribution in [-0.2, 0) is 4.79 Å². The molecule has 0 aromatic rings. The highest BCUT2D eigenvalue weighted by Crippen LogP contribution is 2.30. The largest absolute Gasteiger partial charge is 0.481 e. The van der Waals surface area contributed by atoms with Crippen LogP contribution in [0.15, 0.2) is 0 Å². The fraction of sp³-hybridized carbons (Fsp3) is 0.947. The Hall–Kier alpha value is -0.585. The van der Waals surface area contributed by atoms with E-state index in [0.717, 1.165) is 31.8 Å². The highest BCUT2D eigenvalue weighted by atomic mass is 16.4. The van der Waals surface area contributed by atoms with Gasteiger partial charge in [0.15, 0.2) is 0 Å². The number of carbonyl (C=O) groups is 1. The predicted octanol–water partition coefficient (Wildman–Crippen LogP) is 3.11. The Labute approximate surface area is 153 Å². The van der Waals surface area contributed by atoms with Crippen molar-refractivity contribution in [2.75, 3.05) is 19.6 Å². The van der Waals surface area contributed by atoms with Crippen molar-refractivity contribution in [3.63, 3.8) is 0 Å². The molecule has 1 rings (SSSR count). The molecule has 0 radical (unpaired) electrons. The second-order valence-corrected chi connectivity index (χ2v) is 8.11. The Morgan fingerprint density at radius 2 is 1.80 bits per heavy atom. The second-order valence-electron chi connectivity index (χ2n) is 8.11. The molecule has 0 aromatic carbocycles. The summed E-state index contributed by atoms with van der Waals surface area (Å²) in [5.41, 5.74) is 0. The van der Waals surface area contributed by atoms with Crippen molar-refractivity contribution in [2.24, 2.45) is 23.7 Å². The van der Waals surface area contributed by atoms with E-state index < -0.39 is 13.1 Å². The van der Waals surface area contributed by atoms with E-state index in [1.54, 1.807) is 0 Å². The van der Waals surface area contributed by atoms with Gasteiger partial charge in [-0.3, -0.25) is 4.79 Å². The van der Waals surface area contributed by atoms with Gasteiger partial charge in [0, 0.05) is 13.1 Å². The third-order valence-electron chi connectivity index (χ3n) is 6.01. The van der Waals surface area contributed by atoms with Crippen molar-refractivity contribution < 1.29 is 19.9 Å². The average molecular weight is 355 g/mol. The first-order valence-corrected chi connectivity index (χ1v) is 10.2. The molecule has 0 bridgehead atoms. The van der Waals surface area contributed by atoms with E-state index in [0.29, 0.717) is 25.2 Å². The lowest BCUT2D eigenvalue weighted by atomic mass is 9.80. The number of aliphatic carboxylic acids is 1. The fourth-order valence-electron chi connectivity index (χ4n) is 3.95. The van der Waals surface area contributed by atoms with Gasteiger partial charge in [-0.15, -0.1) is 0 Å². The summed E-state index contributed by atoms with van der Waals surface area (Å²) in [5, 5.41) is 27.4. The number of hydrogen-bond acceptors (Lipinski definition) is 4. The summed E-state index contributed by atoms with van der Waals surface area (Å²) in [4.78, 5) is 13.8. The van der Waals surface area contributed by atoms with Gasteiger partial charge in [-0.05, 0) is 43.5 Å². The first-order chi connectivity index (χ1) is 11.8. The molecule has 1 heterocycles. The minimum absolute atomic E-state index is 0.133. The van der Waals surface area contributed by atoms with Crippen LogP contribution in [0.4, 0.5) is 0 Å². The molecule has 1 aliphatic heterocycles. The van der Waals surface area contributed by atoms with Crippen molar-refractivity contribution in [1.29, 1.82) is 0 Å². The summed E-state index contributed by atoms with van der Waals surface area (Å²) in [6.45, 7) is 9.34. The minimum Gasteiger partial charge on any atom is -0.481 e. The van der Waals surface area contributed by atoms with E-state index in [9.17, 15) is 9.90 Å². The Morgan fingerprint density at radius 3 is 2.40 bits per heavy atom. The smallest absolute Gasteiger partial charge is 0.451 e. The van der Waals surface area contributed by atoms with Gasteiger partial charge < -0.3 is 20.1 Å². The van der Waals surface area contributed by atoms with Crippen LogP contribution >= 0.6 is 0 Å². The molecular weight excluding hydrogens is 317 g/mol. The van der Waals surface area contributed by atoms with E-state index in [-0.39, 0.29) is 11.8 Å². The van der Waals surface area contributed by atoms with Crippen LogP contribution in [0.2, 0.25) is 6.32 Å². The van der Waals surface area contributed by atoms with E-state index in [2.05, 4.69) is 25.7 Å². The molecule has 1 saturated heterocycles. The SMILES string of the molecule is CCCCCC(C)C(C)CCN1CC(CCCB(O)O)C(C(=O)O)C1. The second kappa shape index (κ2) is 11.9. The highest BCUT2D eigenvalue weighted by molar-refractivity contribution is 6.40. The maximum atomic E-state index is 11.5. The number of likely N-dealkylation sites (tertiary alicyclic amines) is 1. The van der Waals surface area contributed by atoms with Gasteiger partial charge in [-0.1, -0.05) is 52.9 Å². The Bertz CT molecular complexity index is 380. The number of rotatable bonds is 13. The Kier molecular flexibility index (Phi) is 10.7. The number of unbranched alkanes of at least 4 members (excludes halogenated alkanes) is 2. The van der Waals surface area contributed by atoms with Gasteiger partial charge in [0.2, 0.25) is 0 Å². The first kappa shape index (κ1) is 22.5. The quantitative estimate of drug-likeness (QED) is 0.349. The predicted molar refractivity (Wildman–Crippen MR) is 102 cm³/mol. The van der Waals surface area contributed by atoms with Crippen LogP contribution in [0.25, 0.3) is 0 Å². The molecule has 1 fully saturated rings. The lowest BCUT2D eigenvalue weighted by molar-refractivity contribution is -0.142. The van der Waals surface area contributed by atoms with Crippen molar-refractivity contribution in [3.05, 3.63) is 0 Å². The lowest BCUT2D eigenvalue weighted by Gasteiger charge is -2.23. The normalized spacial score (nSPS) is 23.6. The first-order valence-electron chi connectivity index (χ1n) is 10.2. The zero-order valence-corrected chi connectivity index (χ0v) is 16.4. The van der Waals surface area contributed by atoms with Crippen LogP contribution in [0.5, 0.6) is 0 Å². The van der Waals surface area contributed by atoms with E-state index in [1.165, 1.54) is 25.7 Å². The molecule has 4 unspecified atom stereocenters. The van der Waals surface area contributed by atoms with Gasteiger partial charge in [0.05, 0.1) is 5.92 Å². The minimum atomic E-state index is -1.28. The maximum absolute atomic E-state index is 11.5. The molecule has 0 aliphatic carbocycles. The van der Waals surface area contributed by atoms with E-state index in [1.807, 2.05) is 0 Å². The van der Waals surface area contributed by atoms with Gasteiger partial charge in [-0.25, -0.2) is 0 Å². The number of hydrogen-bond donors (Lipinski definition) is 3. The van der Waals surface area contributed by atoms with Crippen LogP contribution in [0.1, 0.15) is 65.7 Å². The topological polar surface area (TPSA) is 81.0 Å². The lowest BCUT2D eigenvalue weighted by Crippen LogP contribution is -2.26. The fourth-order valence-corrected chi connectivity index (χ4v) is 3.95. The Balaban J connectivity index is 2.37. The molecule has 146 valence electrons. The van der Waals surface area contributed by atoms with Crippen LogP contribution in [0, 0.1) is 23.7 Å². The van der Waals surface area contributed by atoms with Crippen molar-refractivity contribution in [1.82, 2.24) is 4.90 Å². The molecule has 1 aliphatic rings. The highest BCUT2D eigenvalue weighted by Gasteiger charge is 2.37. The maximum Gasteiger partial charge on any atom is 0.451 e. The van der Waals surface area contributed by atoms with Crippen molar-refractivity contribution >= 4 is 13.1 Å². The summed E-state index contributed by atoms with van der Waals surface area (Å²) >= 11 is 0. The van der Waals surface area contributed by atoms with Crippen LogP contribution in [-0.4, -0.2) is 52.8 Å². The Morgan fingerprint density at radius 1 is 1.12 bits per heavy atom. The average Bonchev–Trinajstić information content (AvgIpc) is 2.95. The number of carboxylic acids is 1. The molecule has 3 N–H and O–H groups in total. The zero-order valence-electron chi connectivity index (χ0n) is 16.4. The summed E-state index contributed by atoms with van der Waals surface area (Å²) in [6.07, 6.45) is 8.06. The van der Waals surface area contributed by atoms with Crippen molar-refractivity contribution in [3.8, 4) is 0 Å². The van der Waals surface area contributed by atoms with E-state index >= 15 is 0 Å².